The Morgan fingerprint density at radius 2 is 1.43 bits per heavy atom. The van der Waals surface area contributed by atoms with Crippen LogP contribution >= 0.6 is 0 Å². The lowest BCUT2D eigenvalue weighted by Crippen LogP contribution is -2.45. The molecule has 2 aromatic rings. The number of rotatable bonds is 4. The number of hydrogen-bond acceptors (Lipinski definition) is 11. The second kappa shape index (κ2) is 10.3. The Kier molecular flexibility index (Phi) is 7.80. The number of ether oxygens (including phenoxy) is 2. The van der Waals surface area contributed by atoms with E-state index >= 15 is 0 Å². The molecule has 0 bridgehead atoms. The third-order valence-corrected chi connectivity index (χ3v) is 5.30. The molecule has 0 saturated carbocycles. The molecule has 2 aromatic heterocycles. The maximum absolute atomic E-state index is 13.9. The van der Waals surface area contributed by atoms with Crippen molar-refractivity contribution in [3.05, 3.63) is 66.2 Å². The van der Waals surface area contributed by atoms with E-state index in [-0.39, 0.29) is 0 Å². The summed E-state index contributed by atoms with van der Waals surface area (Å²) in [5.74, 6) is -3.25. The molecule has 2 fully saturated rings. The molecule has 0 aromatic carbocycles. The maximum Gasteiger partial charge on any atom is 0.330 e. The highest BCUT2D eigenvalue weighted by Crippen LogP contribution is 2.38. The average molecular weight is 508 g/mol. The molecule has 17 heteroatoms. The van der Waals surface area contributed by atoms with Crippen LogP contribution in [0.25, 0.3) is 0 Å². The molecule has 0 radical (unpaired) electrons. The average Bonchev–Trinajstić information content (AvgIpc) is 3.21. The molecular formula is C18H22F2N4O11. The molecule has 194 valence electrons. The Morgan fingerprint density at radius 3 is 1.86 bits per heavy atom. The van der Waals surface area contributed by atoms with E-state index in [0.717, 1.165) is 29.1 Å². The second-order valence-corrected chi connectivity index (χ2v) is 7.60. The van der Waals surface area contributed by atoms with Gasteiger partial charge in [0.1, 0.15) is 24.4 Å². The van der Waals surface area contributed by atoms with E-state index in [1.54, 1.807) is 0 Å². The SMILES string of the molecule is O=c1ccn([C@@H]2O[C@H](CO)[C@@H](O)[C@H]2F)c(=O)[nH]1.O=c1ccn([C@@H]2O[C@H](CO)[C@@H](O)[C@]2(O)F)c(=O)[nH]1. The van der Waals surface area contributed by atoms with Crippen LogP contribution in [0, 0.1) is 0 Å². The lowest BCUT2D eigenvalue weighted by molar-refractivity contribution is -0.197. The van der Waals surface area contributed by atoms with Crippen molar-refractivity contribution in [1.29, 1.82) is 0 Å². The molecule has 15 nitrogen and oxygen atoms in total. The summed E-state index contributed by atoms with van der Waals surface area (Å²) in [7, 11) is 0. The Morgan fingerprint density at radius 1 is 0.914 bits per heavy atom. The molecule has 2 saturated heterocycles. The minimum atomic E-state index is -3.25. The van der Waals surface area contributed by atoms with Crippen LogP contribution in [-0.2, 0) is 9.47 Å². The van der Waals surface area contributed by atoms with Gasteiger partial charge in [0.2, 0.25) is 0 Å². The Bertz CT molecular complexity index is 1260. The molecule has 7 N–H and O–H groups in total. The van der Waals surface area contributed by atoms with Gasteiger partial charge in [-0.2, -0.15) is 0 Å². The van der Waals surface area contributed by atoms with Crippen molar-refractivity contribution >= 4 is 0 Å². The first kappa shape index (κ1) is 26.5. The molecule has 0 amide bonds. The van der Waals surface area contributed by atoms with Crippen molar-refractivity contribution < 1.29 is 43.8 Å². The van der Waals surface area contributed by atoms with Gasteiger partial charge in [0.15, 0.2) is 18.6 Å². The number of alkyl halides is 2. The summed E-state index contributed by atoms with van der Waals surface area (Å²) in [5.41, 5.74) is -3.15. The van der Waals surface area contributed by atoms with Gasteiger partial charge in [0.25, 0.3) is 17.0 Å². The van der Waals surface area contributed by atoms with Crippen LogP contribution in [0.1, 0.15) is 12.5 Å². The third kappa shape index (κ3) is 5.15. The van der Waals surface area contributed by atoms with Crippen molar-refractivity contribution in [2.75, 3.05) is 13.2 Å². The van der Waals surface area contributed by atoms with Gasteiger partial charge in [0, 0.05) is 24.5 Å². The molecule has 0 spiro atoms. The Hall–Kier alpha value is -3.06. The smallest absolute Gasteiger partial charge is 0.330 e. The number of halogens is 2. The van der Waals surface area contributed by atoms with Gasteiger partial charge in [-0.25, -0.2) is 18.4 Å². The quantitative estimate of drug-likeness (QED) is 0.208. The number of H-pyrrole nitrogens is 2. The molecule has 35 heavy (non-hydrogen) atoms. The van der Waals surface area contributed by atoms with E-state index in [9.17, 15) is 43.3 Å². The van der Waals surface area contributed by atoms with E-state index in [1.807, 2.05) is 9.97 Å². The van der Waals surface area contributed by atoms with E-state index < -0.39 is 84.6 Å². The monoisotopic (exact) mass is 508 g/mol. The third-order valence-electron chi connectivity index (χ3n) is 5.30. The predicted octanol–water partition coefficient (Wildman–Crippen LogP) is -4.43. The van der Waals surface area contributed by atoms with Crippen LogP contribution in [0.3, 0.4) is 0 Å². The van der Waals surface area contributed by atoms with Crippen LogP contribution < -0.4 is 22.5 Å². The summed E-state index contributed by atoms with van der Waals surface area (Å²) in [5, 5.41) is 45.9. The zero-order valence-corrected chi connectivity index (χ0v) is 17.6. The molecule has 4 heterocycles. The summed E-state index contributed by atoms with van der Waals surface area (Å²) in [6.45, 7) is -1.29. The number of aliphatic hydroxyl groups excluding tert-OH is 4. The summed E-state index contributed by atoms with van der Waals surface area (Å²) >= 11 is 0. The fourth-order valence-electron chi connectivity index (χ4n) is 3.46. The predicted molar refractivity (Wildman–Crippen MR) is 108 cm³/mol. The zero-order chi connectivity index (χ0) is 26.1. The van der Waals surface area contributed by atoms with Gasteiger partial charge < -0.3 is 35.0 Å². The van der Waals surface area contributed by atoms with Crippen molar-refractivity contribution in [2.45, 2.75) is 48.9 Å². The minimum absolute atomic E-state index is 0.559. The van der Waals surface area contributed by atoms with Crippen molar-refractivity contribution in [1.82, 2.24) is 19.1 Å². The van der Waals surface area contributed by atoms with Crippen molar-refractivity contribution in [2.24, 2.45) is 0 Å². The van der Waals surface area contributed by atoms with Crippen LogP contribution in [0.4, 0.5) is 8.78 Å². The highest BCUT2D eigenvalue weighted by atomic mass is 19.2. The molecular weight excluding hydrogens is 486 g/mol. The summed E-state index contributed by atoms with van der Waals surface area (Å²) in [4.78, 5) is 48.3. The molecule has 2 aliphatic rings. The Balaban J connectivity index is 0.000000196. The van der Waals surface area contributed by atoms with Crippen LogP contribution in [-0.4, -0.2) is 94.3 Å². The Labute approximate surface area is 192 Å². The molecule has 0 aliphatic carbocycles. The van der Waals surface area contributed by atoms with Crippen LogP contribution in [0.15, 0.2) is 43.7 Å². The standard InChI is InChI=1S/C9H11FN2O6.C9H11FN2O5/c10-9(17)6(15)4(3-13)18-7(9)12-2-1-5(14)11-8(12)16;10-6-7(15)4(3-13)17-8(6)12-2-1-5(14)11-9(12)16/h1-2,4,6-7,13,15,17H,3H2,(H,11,14,16);1-2,4,6-8,13,15H,3H2,(H,11,14,16)/t4-,6-,7-,9-;4-,6-,7-,8-/m11/s1. The zero-order valence-electron chi connectivity index (χ0n) is 17.6. The van der Waals surface area contributed by atoms with Crippen LogP contribution in [0.2, 0.25) is 0 Å². The van der Waals surface area contributed by atoms with Crippen molar-refractivity contribution in [3.8, 4) is 0 Å². The lowest BCUT2D eigenvalue weighted by Gasteiger charge is -2.23. The van der Waals surface area contributed by atoms with Gasteiger partial charge in [-0.3, -0.25) is 28.7 Å². The minimum Gasteiger partial charge on any atom is -0.394 e. The number of aromatic nitrogens is 4. The topological polar surface area (TPSA) is 229 Å². The number of aliphatic hydroxyl groups is 5. The fourth-order valence-corrected chi connectivity index (χ4v) is 3.46. The first-order valence-electron chi connectivity index (χ1n) is 9.99. The highest BCUT2D eigenvalue weighted by Gasteiger charge is 2.57. The number of nitrogens with one attached hydrogen (secondary N) is 2. The summed E-state index contributed by atoms with van der Waals surface area (Å²) < 4.78 is 38.8. The molecule has 4 rings (SSSR count). The van der Waals surface area contributed by atoms with E-state index in [1.165, 1.54) is 0 Å². The van der Waals surface area contributed by atoms with Gasteiger partial charge >= 0.3 is 11.4 Å². The molecule has 8 atom stereocenters. The normalized spacial score (nSPS) is 34.4. The number of nitrogens with zero attached hydrogens (tertiary/aromatic N) is 2. The van der Waals surface area contributed by atoms with Gasteiger partial charge in [-0.1, -0.05) is 0 Å². The largest absolute Gasteiger partial charge is 0.394 e. The van der Waals surface area contributed by atoms with Crippen LogP contribution in [0.5, 0.6) is 0 Å². The summed E-state index contributed by atoms with van der Waals surface area (Å²) in [6.07, 6.45) is -9.04. The van der Waals surface area contributed by atoms with Gasteiger partial charge in [-0.05, 0) is 0 Å². The number of hydrogen-bond donors (Lipinski definition) is 7. The fraction of sp³-hybridized carbons (Fsp3) is 0.556. The van der Waals surface area contributed by atoms with E-state index in [4.69, 9.17) is 19.7 Å². The highest BCUT2D eigenvalue weighted by molar-refractivity contribution is 4.97. The molecule has 0 unspecified atom stereocenters. The first-order chi connectivity index (χ1) is 16.4. The summed E-state index contributed by atoms with van der Waals surface area (Å²) in [6, 6.07) is 1.97. The van der Waals surface area contributed by atoms with Gasteiger partial charge in [0.05, 0.1) is 13.2 Å². The van der Waals surface area contributed by atoms with E-state index in [2.05, 4.69) is 0 Å². The first-order valence-corrected chi connectivity index (χ1v) is 9.99. The maximum atomic E-state index is 13.9. The van der Waals surface area contributed by atoms with E-state index in [0.29, 0.717) is 4.57 Å². The van der Waals surface area contributed by atoms with Crippen molar-refractivity contribution in [3.63, 3.8) is 0 Å². The lowest BCUT2D eigenvalue weighted by atomic mass is 10.1. The van der Waals surface area contributed by atoms with Gasteiger partial charge in [-0.15, -0.1) is 0 Å². The number of aromatic amines is 2. The second-order valence-electron chi connectivity index (χ2n) is 7.60. The molecule has 2 aliphatic heterocycles.